The van der Waals surface area contributed by atoms with Crippen molar-refractivity contribution in [3.05, 3.63) is 35.9 Å². The second kappa shape index (κ2) is 5.47. The molecule has 1 aromatic carbocycles. The number of rotatable bonds is 2. The Balaban J connectivity index is 1.70. The SMILES string of the molecule is CC1CCCN(C(=O)NC2(c3ccccc3)CCC2)C1. The minimum atomic E-state index is -0.112. The van der Waals surface area contributed by atoms with Gasteiger partial charge < -0.3 is 10.2 Å². The molecule has 1 heterocycles. The van der Waals surface area contributed by atoms with E-state index in [1.807, 2.05) is 11.0 Å². The Kier molecular flexibility index (Phi) is 3.68. The van der Waals surface area contributed by atoms with E-state index in [9.17, 15) is 4.79 Å². The molecule has 0 bridgehead atoms. The number of nitrogens with one attached hydrogen (secondary N) is 1. The van der Waals surface area contributed by atoms with Crippen LogP contribution in [0, 0.1) is 5.92 Å². The first-order valence-electron chi connectivity index (χ1n) is 7.82. The fraction of sp³-hybridized carbons (Fsp3) is 0.588. The molecule has 1 aliphatic carbocycles. The predicted octanol–water partition coefficient (Wildman–Crippen LogP) is 3.51. The molecule has 20 heavy (non-hydrogen) atoms. The number of urea groups is 1. The summed E-state index contributed by atoms with van der Waals surface area (Å²) in [5.74, 6) is 0.628. The molecular formula is C17H24N2O. The molecule has 1 unspecified atom stereocenters. The monoisotopic (exact) mass is 272 g/mol. The zero-order valence-electron chi connectivity index (χ0n) is 12.3. The number of nitrogens with zero attached hydrogens (tertiary/aromatic N) is 1. The highest BCUT2D eigenvalue weighted by Gasteiger charge is 2.41. The van der Waals surface area contributed by atoms with Gasteiger partial charge in [0.15, 0.2) is 0 Å². The summed E-state index contributed by atoms with van der Waals surface area (Å²) < 4.78 is 0. The lowest BCUT2D eigenvalue weighted by Crippen LogP contribution is -2.56. The number of carbonyl (C=O) groups excluding carboxylic acids is 1. The van der Waals surface area contributed by atoms with Gasteiger partial charge in [0.1, 0.15) is 0 Å². The topological polar surface area (TPSA) is 32.3 Å². The fourth-order valence-electron chi connectivity index (χ4n) is 3.43. The summed E-state index contributed by atoms with van der Waals surface area (Å²) in [4.78, 5) is 14.5. The number of likely N-dealkylation sites (tertiary alicyclic amines) is 1. The third-order valence-electron chi connectivity index (χ3n) is 4.82. The highest BCUT2D eigenvalue weighted by atomic mass is 16.2. The van der Waals surface area contributed by atoms with Crippen LogP contribution in [0.1, 0.15) is 44.6 Å². The van der Waals surface area contributed by atoms with Gasteiger partial charge in [0, 0.05) is 13.1 Å². The molecule has 2 fully saturated rings. The third kappa shape index (κ3) is 2.54. The first-order chi connectivity index (χ1) is 9.70. The molecule has 1 aliphatic heterocycles. The lowest BCUT2D eigenvalue weighted by Gasteiger charge is -2.45. The predicted molar refractivity (Wildman–Crippen MR) is 80.5 cm³/mol. The van der Waals surface area contributed by atoms with Gasteiger partial charge in [0.2, 0.25) is 0 Å². The Morgan fingerprint density at radius 1 is 1.25 bits per heavy atom. The Morgan fingerprint density at radius 3 is 2.60 bits per heavy atom. The van der Waals surface area contributed by atoms with Crippen LogP contribution in [0.15, 0.2) is 30.3 Å². The van der Waals surface area contributed by atoms with Crippen molar-refractivity contribution < 1.29 is 4.79 Å². The van der Waals surface area contributed by atoms with E-state index >= 15 is 0 Å². The van der Waals surface area contributed by atoms with Crippen molar-refractivity contribution in [3.8, 4) is 0 Å². The molecule has 108 valence electrons. The van der Waals surface area contributed by atoms with E-state index in [1.165, 1.54) is 18.4 Å². The van der Waals surface area contributed by atoms with Crippen molar-refractivity contribution in [2.75, 3.05) is 13.1 Å². The normalized spacial score (nSPS) is 24.9. The zero-order chi connectivity index (χ0) is 14.0. The van der Waals surface area contributed by atoms with Crippen molar-refractivity contribution in [2.24, 2.45) is 5.92 Å². The maximum Gasteiger partial charge on any atom is 0.318 e. The first kappa shape index (κ1) is 13.5. The van der Waals surface area contributed by atoms with Crippen LogP contribution in [0.25, 0.3) is 0 Å². The van der Waals surface area contributed by atoms with Crippen LogP contribution in [0.3, 0.4) is 0 Å². The second-order valence-electron chi connectivity index (χ2n) is 6.43. The Morgan fingerprint density at radius 2 is 2.00 bits per heavy atom. The number of amides is 2. The van der Waals surface area contributed by atoms with Gasteiger partial charge in [-0.3, -0.25) is 0 Å². The van der Waals surface area contributed by atoms with Gasteiger partial charge in [-0.2, -0.15) is 0 Å². The maximum atomic E-state index is 12.5. The van der Waals surface area contributed by atoms with Crippen LogP contribution in [0.4, 0.5) is 4.79 Å². The van der Waals surface area contributed by atoms with Crippen molar-refractivity contribution in [3.63, 3.8) is 0 Å². The van der Waals surface area contributed by atoms with E-state index in [0.29, 0.717) is 5.92 Å². The summed E-state index contributed by atoms with van der Waals surface area (Å²) in [6.07, 6.45) is 5.70. The van der Waals surface area contributed by atoms with Crippen LogP contribution >= 0.6 is 0 Å². The smallest absolute Gasteiger partial charge is 0.318 e. The molecule has 3 rings (SSSR count). The summed E-state index contributed by atoms with van der Waals surface area (Å²) in [6, 6.07) is 10.6. The van der Waals surface area contributed by atoms with Crippen molar-refractivity contribution in [1.82, 2.24) is 10.2 Å². The standard InChI is InChI=1S/C17H24N2O/c1-14-7-5-12-19(13-14)16(20)18-17(10-6-11-17)15-8-3-2-4-9-15/h2-4,8-9,14H,5-7,10-13H2,1H3,(H,18,20). The van der Waals surface area contributed by atoms with Gasteiger partial charge >= 0.3 is 6.03 Å². The molecule has 1 aromatic rings. The Bertz CT molecular complexity index is 467. The lowest BCUT2D eigenvalue weighted by atomic mass is 9.72. The molecule has 3 heteroatoms. The van der Waals surface area contributed by atoms with Crippen LogP contribution in [0.5, 0.6) is 0 Å². The molecule has 2 amide bonds. The van der Waals surface area contributed by atoms with Gasteiger partial charge in [-0.25, -0.2) is 4.79 Å². The molecule has 0 radical (unpaired) electrons. The Hall–Kier alpha value is -1.51. The van der Waals surface area contributed by atoms with Gasteiger partial charge in [-0.15, -0.1) is 0 Å². The summed E-state index contributed by atoms with van der Waals surface area (Å²) >= 11 is 0. The van der Waals surface area contributed by atoms with E-state index < -0.39 is 0 Å². The minimum absolute atomic E-state index is 0.112. The van der Waals surface area contributed by atoms with Crippen LogP contribution in [-0.4, -0.2) is 24.0 Å². The summed E-state index contributed by atoms with van der Waals surface area (Å²) in [5, 5.41) is 3.32. The molecule has 0 spiro atoms. The van der Waals surface area contributed by atoms with Crippen molar-refractivity contribution >= 4 is 6.03 Å². The number of benzene rings is 1. The molecular weight excluding hydrogens is 248 g/mol. The number of hydrogen-bond donors (Lipinski definition) is 1. The molecule has 2 aliphatic rings. The minimum Gasteiger partial charge on any atom is -0.328 e. The van der Waals surface area contributed by atoms with E-state index in [2.05, 4.69) is 36.5 Å². The van der Waals surface area contributed by atoms with Gasteiger partial charge in [-0.05, 0) is 43.6 Å². The average molecular weight is 272 g/mol. The van der Waals surface area contributed by atoms with Crippen molar-refractivity contribution in [1.29, 1.82) is 0 Å². The highest BCUT2D eigenvalue weighted by Crippen LogP contribution is 2.41. The molecule has 1 N–H and O–H groups in total. The van der Waals surface area contributed by atoms with E-state index in [0.717, 1.165) is 32.4 Å². The number of hydrogen-bond acceptors (Lipinski definition) is 1. The second-order valence-corrected chi connectivity index (χ2v) is 6.43. The summed E-state index contributed by atoms with van der Waals surface area (Å²) in [5.41, 5.74) is 1.14. The fourth-order valence-corrected chi connectivity index (χ4v) is 3.43. The average Bonchev–Trinajstić information content (AvgIpc) is 2.43. The van der Waals surface area contributed by atoms with E-state index in [4.69, 9.17) is 0 Å². The Labute approximate surface area is 121 Å². The highest BCUT2D eigenvalue weighted by molar-refractivity contribution is 5.75. The molecule has 0 aromatic heterocycles. The largest absolute Gasteiger partial charge is 0.328 e. The van der Waals surface area contributed by atoms with Crippen LogP contribution in [-0.2, 0) is 5.54 Å². The molecule has 1 saturated heterocycles. The van der Waals surface area contributed by atoms with Gasteiger partial charge in [-0.1, -0.05) is 37.3 Å². The summed E-state index contributed by atoms with van der Waals surface area (Å²) in [6.45, 7) is 4.04. The van der Waals surface area contributed by atoms with Crippen LogP contribution < -0.4 is 5.32 Å². The first-order valence-corrected chi connectivity index (χ1v) is 7.82. The molecule has 1 atom stereocenters. The molecule has 1 saturated carbocycles. The maximum absolute atomic E-state index is 12.5. The third-order valence-corrected chi connectivity index (χ3v) is 4.82. The van der Waals surface area contributed by atoms with E-state index in [1.54, 1.807) is 0 Å². The van der Waals surface area contributed by atoms with Crippen molar-refractivity contribution in [2.45, 2.75) is 44.6 Å². The van der Waals surface area contributed by atoms with E-state index in [-0.39, 0.29) is 11.6 Å². The number of piperidine rings is 1. The van der Waals surface area contributed by atoms with Gasteiger partial charge in [0.25, 0.3) is 0 Å². The molecule has 3 nitrogen and oxygen atoms in total. The quantitative estimate of drug-likeness (QED) is 0.878. The van der Waals surface area contributed by atoms with Crippen LogP contribution in [0.2, 0.25) is 0 Å². The summed E-state index contributed by atoms with van der Waals surface area (Å²) in [7, 11) is 0. The number of carbonyl (C=O) groups is 1. The zero-order valence-corrected chi connectivity index (χ0v) is 12.3. The lowest BCUT2D eigenvalue weighted by molar-refractivity contribution is 0.133. The van der Waals surface area contributed by atoms with Gasteiger partial charge in [0.05, 0.1) is 5.54 Å².